The second-order valence-corrected chi connectivity index (χ2v) is 8.36. The molecule has 0 aromatic rings. The summed E-state index contributed by atoms with van der Waals surface area (Å²) in [6.07, 6.45) is 8.93. The molecule has 0 saturated heterocycles. The van der Waals surface area contributed by atoms with Crippen molar-refractivity contribution < 1.29 is 9.59 Å². The van der Waals surface area contributed by atoms with Crippen molar-refractivity contribution >= 4 is 11.8 Å². The lowest BCUT2D eigenvalue weighted by molar-refractivity contribution is -0.153. The van der Waals surface area contributed by atoms with Gasteiger partial charge in [-0.25, -0.2) is 0 Å². The molecule has 0 aromatic carbocycles. The highest BCUT2D eigenvalue weighted by atomic mass is 16.2. The van der Waals surface area contributed by atoms with Crippen LogP contribution in [0.5, 0.6) is 0 Å². The quantitative estimate of drug-likeness (QED) is 0.832. The van der Waals surface area contributed by atoms with E-state index >= 15 is 0 Å². The molecule has 5 aliphatic rings. The van der Waals surface area contributed by atoms with Gasteiger partial charge in [-0.1, -0.05) is 0 Å². The molecule has 5 rings (SSSR count). The molecular weight excluding hydrogens is 264 g/mol. The van der Waals surface area contributed by atoms with E-state index in [1.54, 1.807) is 6.92 Å². The van der Waals surface area contributed by atoms with Gasteiger partial charge in [0.05, 0.1) is 5.41 Å². The summed E-state index contributed by atoms with van der Waals surface area (Å²) in [5.74, 6) is 2.32. The SMILES string of the molecule is CC(=O)NC12CC3CC(C1)CC(C(=O)NCC1CC1)(C3)C2. The second kappa shape index (κ2) is 4.47. The molecule has 0 aromatic heterocycles. The van der Waals surface area contributed by atoms with Crippen molar-refractivity contribution in [2.75, 3.05) is 6.54 Å². The maximum atomic E-state index is 12.8. The van der Waals surface area contributed by atoms with Crippen molar-refractivity contribution in [3.8, 4) is 0 Å². The second-order valence-electron chi connectivity index (χ2n) is 8.36. The fourth-order valence-corrected chi connectivity index (χ4v) is 5.79. The number of hydrogen-bond acceptors (Lipinski definition) is 2. The summed E-state index contributed by atoms with van der Waals surface area (Å²) in [6, 6.07) is 0. The molecule has 2 unspecified atom stereocenters. The van der Waals surface area contributed by atoms with E-state index in [2.05, 4.69) is 10.6 Å². The van der Waals surface area contributed by atoms with E-state index in [1.807, 2.05) is 0 Å². The fraction of sp³-hybridized carbons (Fsp3) is 0.882. The molecule has 5 aliphatic carbocycles. The summed E-state index contributed by atoms with van der Waals surface area (Å²) in [7, 11) is 0. The van der Waals surface area contributed by atoms with Crippen molar-refractivity contribution in [1.82, 2.24) is 10.6 Å². The lowest BCUT2D eigenvalue weighted by atomic mass is 9.46. The lowest BCUT2D eigenvalue weighted by Gasteiger charge is -2.61. The van der Waals surface area contributed by atoms with Gasteiger partial charge in [0.25, 0.3) is 0 Å². The molecule has 0 heterocycles. The van der Waals surface area contributed by atoms with E-state index in [0.717, 1.165) is 44.6 Å². The van der Waals surface area contributed by atoms with E-state index in [0.29, 0.717) is 11.8 Å². The van der Waals surface area contributed by atoms with Crippen LogP contribution in [0.2, 0.25) is 0 Å². The third-order valence-corrected chi connectivity index (χ3v) is 6.23. The average molecular weight is 290 g/mol. The van der Waals surface area contributed by atoms with Gasteiger partial charge in [-0.05, 0) is 69.1 Å². The van der Waals surface area contributed by atoms with Gasteiger partial charge < -0.3 is 10.6 Å². The zero-order valence-corrected chi connectivity index (χ0v) is 12.9. The molecule has 2 amide bonds. The molecule has 0 spiro atoms. The number of amides is 2. The zero-order chi connectivity index (χ0) is 14.7. The van der Waals surface area contributed by atoms with E-state index in [9.17, 15) is 9.59 Å². The van der Waals surface area contributed by atoms with Gasteiger partial charge in [0, 0.05) is 19.0 Å². The summed E-state index contributed by atoms with van der Waals surface area (Å²) >= 11 is 0. The summed E-state index contributed by atoms with van der Waals surface area (Å²) < 4.78 is 0. The van der Waals surface area contributed by atoms with Crippen molar-refractivity contribution in [1.29, 1.82) is 0 Å². The van der Waals surface area contributed by atoms with Crippen LogP contribution in [-0.4, -0.2) is 23.9 Å². The Morgan fingerprint density at radius 3 is 2.33 bits per heavy atom. The molecule has 116 valence electrons. The van der Waals surface area contributed by atoms with E-state index < -0.39 is 0 Å². The Morgan fingerprint density at radius 2 is 1.76 bits per heavy atom. The van der Waals surface area contributed by atoms with Crippen LogP contribution < -0.4 is 10.6 Å². The lowest BCUT2D eigenvalue weighted by Crippen LogP contribution is -2.65. The molecule has 5 fully saturated rings. The molecule has 5 saturated carbocycles. The van der Waals surface area contributed by atoms with E-state index in [1.165, 1.54) is 19.3 Å². The Hall–Kier alpha value is -1.06. The predicted octanol–water partition coefficient (Wildman–Crippen LogP) is 1.99. The van der Waals surface area contributed by atoms with Crippen LogP contribution in [0.25, 0.3) is 0 Å². The number of carbonyl (C=O) groups is 2. The van der Waals surface area contributed by atoms with E-state index in [-0.39, 0.29) is 22.8 Å². The van der Waals surface area contributed by atoms with Crippen molar-refractivity contribution in [2.45, 2.75) is 63.8 Å². The minimum absolute atomic E-state index is 0.0606. The van der Waals surface area contributed by atoms with Crippen LogP contribution in [0.15, 0.2) is 0 Å². The van der Waals surface area contributed by atoms with Gasteiger partial charge in [0.2, 0.25) is 11.8 Å². The minimum Gasteiger partial charge on any atom is -0.355 e. The van der Waals surface area contributed by atoms with Crippen LogP contribution in [0.4, 0.5) is 0 Å². The Balaban J connectivity index is 1.54. The van der Waals surface area contributed by atoms with Crippen molar-refractivity contribution in [3.63, 3.8) is 0 Å². The number of hydrogen-bond donors (Lipinski definition) is 2. The third kappa shape index (κ3) is 2.36. The van der Waals surface area contributed by atoms with Gasteiger partial charge in [-0.2, -0.15) is 0 Å². The maximum Gasteiger partial charge on any atom is 0.226 e. The minimum atomic E-state index is -0.193. The molecule has 4 bridgehead atoms. The van der Waals surface area contributed by atoms with Gasteiger partial charge in [-0.3, -0.25) is 9.59 Å². The number of rotatable bonds is 4. The Kier molecular flexibility index (Phi) is 2.89. The molecule has 4 heteroatoms. The Labute approximate surface area is 126 Å². The molecule has 21 heavy (non-hydrogen) atoms. The van der Waals surface area contributed by atoms with Crippen molar-refractivity contribution in [3.05, 3.63) is 0 Å². The normalized spacial score (nSPS) is 43.7. The van der Waals surface area contributed by atoms with Crippen LogP contribution >= 0.6 is 0 Å². The standard InChI is InChI=1S/C17H26N2O2/c1-11(20)19-17-7-13-4-14(8-17)6-16(5-13,10-17)15(21)18-9-12-2-3-12/h12-14H,2-10H2,1H3,(H,18,21)(H,19,20). The number of nitrogens with one attached hydrogen (secondary N) is 2. The molecule has 2 N–H and O–H groups in total. The van der Waals surface area contributed by atoms with Gasteiger partial charge in [-0.15, -0.1) is 0 Å². The highest BCUT2D eigenvalue weighted by molar-refractivity contribution is 5.84. The van der Waals surface area contributed by atoms with E-state index in [4.69, 9.17) is 0 Å². The van der Waals surface area contributed by atoms with Gasteiger partial charge in [0.15, 0.2) is 0 Å². The fourth-order valence-electron chi connectivity index (χ4n) is 5.79. The van der Waals surface area contributed by atoms with Gasteiger partial charge >= 0.3 is 0 Å². The monoisotopic (exact) mass is 290 g/mol. The molecule has 2 atom stereocenters. The van der Waals surface area contributed by atoms with Crippen LogP contribution in [0, 0.1) is 23.2 Å². The highest BCUT2D eigenvalue weighted by Gasteiger charge is 2.60. The van der Waals surface area contributed by atoms with Crippen LogP contribution in [-0.2, 0) is 9.59 Å². The average Bonchev–Trinajstić information content (AvgIpc) is 3.16. The first-order chi connectivity index (χ1) is 9.99. The highest BCUT2D eigenvalue weighted by Crippen LogP contribution is 2.61. The predicted molar refractivity (Wildman–Crippen MR) is 79.4 cm³/mol. The first kappa shape index (κ1) is 13.6. The Bertz CT molecular complexity index is 469. The molecule has 0 radical (unpaired) electrons. The Morgan fingerprint density at radius 1 is 1.10 bits per heavy atom. The summed E-state index contributed by atoms with van der Waals surface area (Å²) in [5, 5.41) is 6.45. The molecule has 4 nitrogen and oxygen atoms in total. The number of carbonyl (C=O) groups excluding carboxylic acids is 2. The molecule has 0 aliphatic heterocycles. The topological polar surface area (TPSA) is 58.2 Å². The first-order valence-corrected chi connectivity index (χ1v) is 8.56. The largest absolute Gasteiger partial charge is 0.355 e. The summed E-state index contributed by atoms with van der Waals surface area (Å²) in [6.45, 7) is 2.47. The van der Waals surface area contributed by atoms with Gasteiger partial charge in [0.1, 0.15) is 0 Å². The summed E-state index contributed by atoms with van der Waals surface area (Å²) in [5.41, 5.74) is -0.283. The zero-order valence-electron chi connectivity index (χ0n) is 12.9. The maximum absolute atomic E-state index is 12.8. The first-order valence-electron chi connectivity index (χ1n) is 8.56. The van der Waals surface area contributed by atoms with Crippen LogP contribution in [0.3, 0.4) is 0 Å². The van der Waals surface area contributed by atoms with Crippen LogP contribution in [0.1, 0.15) is 58.3 Å². The smallest absolute Gasteiger partial charge is 0.226 e. The van der Waals surface area contributed by atoms with Crippen molar-refractivity contribution in [2.24, 2.45) is 23.2 Å². The summed E-state index contributed by atoms with van der Waals surface area (Å²) in [4.78, 5) is 24.4. The third-order valence-electron chi connectivity index (χ3n) is 6.23. The molecular formula is C17H26N2O2.